The van der Waals surface area contributed by atoms with Gasteiger partial charge in [-0.25, -0.2) is 0 Å². The van der Waals surface area contributed by atoms with E-state index in [1.807, 2.05) is 30.1 Å². The summed E-state index contributed by atoms with van der Waals surface area (Å²) < 4.78 is 10.7. The number of carbonyl (C=O) groups excluding carboxylic acids is 1. The van der Waals surface area contributed by atoms with Crippen molar-refractivity contribution in [2.24, 2.45) is 5.92 Å². The van der Waals surface area contributed by atoms with Gasteiger partial charge < -0.3 is 14.4 Å². The fourth-order valence-electron chi connectivity index (χ4n) is 2.29. The zero-order valence-corrected chi connectivity index (χ0v) is 12.7. The number of benzene rings is 1. The second-order valence-electron chi connectivity index (χ2n) is 5.84. The quantitative estimate of drug-likeness (QED) is 0.830. The molecule has 0 saturated carbocycles. The maximum Gasteiger partial charge on any atom is 0.231 e. The van der Waals surface area contributed by atoms with Gasteiger partial charge in [-0.05, 0) is 37.0 Å². The molecule has 1 aromatic rings. The van der Waals surface area contributed by atoms with Crippen LogP contribution in [0.25, 0.3) is 0 Å². The highest BCUT2D eigenvalue weighted by Crippen LogP contribution is 2.32. The third-order valence-corrected chi connectivity index (χ3v) is 3.61. The number of amides is 1. The number of fused-ring (bicyclic) bond motifs is 1. The van der Waals surface area contributed by atoms with E-state index in [4.69, 9.17) is 9.47 Å². The Hall–Kier alpha value is -1.71. The van der Waals surface area contributed by atoms with Crippen LogP contribution in [0.15, 0.2) is 18.2 Å². The zero-order valence-electron chi connectivity index (χ0n) is 12.7. The number of hydrogen-bond acceptors (Lipinski definition) is 3. The van der Waals surface area contributed by atoms with Gasteiger partial charge >= 0.3 is 0 Å². The Bertz CT molecular complexity index is 485. The molecule has 2 rings (SSSR count). The largest absolute Gasteiger partial charge is 0.454 e. The van der Waals surface area contributed by atoms with Crippen LogP contribution in [0.4, 0.5) is 0 Å². The molecule has 1 unspecified atom stereocenters. The minimum absolute atomic E-state index is 0.168. The Balaban J connectivity index is 1.97. The van der Waals surface area contributed by atoms with Gasteiger partial charge in [-0.2, -0.15) is 0 Å². The molecule has 1 heterocycles. The number of rotatable bonds is 5. The van der Waals surface area contributed by atoms with Crippen LogP contribution in [0.2, 0.25) is 0 Å². The monoisotopic (exact) mass is 277 g/mol. The van der Waals surface area contributed by atoms with Gasteiger partial charge in [0.15, 0.2) is 11.5 Å². The second kappa shape index (κ2) is 6.16. The number of carbonyl (C=O) groups is 1. The molecule has 1 aliphatic rings. The summed E-state index contributed by atoms with van der Waals surface area (Å²) in [6.07, 6.45) is 1.42. The highest BCUT2D eigenvalue weighted by Gasteiger charge is 2.19. The smallest absolute Gasteiger partial charge is 0.231 e. The molecule has 0 bridgehead atoms. The molecule has 0 radical (unpaired) electrons. The first kappa shape index (κ1) is 14.7. The summed E-state index contributed by atoms with van der Waals surface area (Å²) in [6, 6.07) is 6.13. The van der Waals surface area contributed by atoms with Gasteiger partial charge in [-0.15, -0.1) is 0 Å². The van der Waals surface area contributed by atoms with Crippen molar-refractivity contribution in [3.63, 3.8) is 0 Å². The molecule has 110 valence electrons. The van der Waals surface area contributed by atoms with Crippen LogP contribution in [-0.2, 0) is 11.2 Å². The number of hydrogen-bond donors (Lipinski definition) is 0. The van der Waals surface area contributed by atoms with E-state index in [2.05, 4.69) is 20.8 Å². The molecule has 0 fully saturated rings. The minimum Gasteiger partial charge on any atom is -0.454 e. The van der Waals surface area contributed by atoms with Crippen LogP contribution in [0, 0.1) is 5.92 Å². The standard InChI is InChI=1S/C16H23NO3/c1-11(2)7-16(18)17(4)12(3)8-13-5-6-14-15(9-13)20-10-19-14/h5-6,9,11-12H,7-8,10H2,1-4H3. The molecule has 0 aliphatic carbocycles. The van der Waals surface area contributed by atoms with E-state index < -0.39 is 0 Å². The van der Waals surface area contributed by atoms with Crippen molar-refractivity contribution in [3.05, 3.63) is 23.8 Å². The first-order valence-corrected chi connectivity index (χ1v) is 7.11. The normalized spacial score (nSPS) is 14.4. The van der Waals surface area contributed by atoms with Gasteiger partial charge in [0.2, 0.25) is 12.7 Å². The molecule has 4 heteroatoms. The van der Waals surface area contributed by atoms with Crippen molar-refractivity contribution >= 4 is 5.91 Å². The van der Waals surface area contributed by atoms with E-state index in [1.165, 1.54) is 0 Å². The molecule has 1 atom stereocenters. The summed E-state index contributed by atoms with van der Waals surface area (Å²) in [5.41, 5.74) is 1.16. The average molecular weight is 277 g/mol. The van der Waals surface area contributed by atoms with E-state index in [-0.39, 0.29) is 11.9 Å². The predicted octanol–water partition coefficient (Wildman–Crippen LogP) is 2.85. The highest BCUT2D eigenvalue weighted by molar-refractivity contribution is 5.76. The zero-order chi connectivity index (χ0) is 14.7. The summed E-state index contributed by atoms with van der Waals surface area (Å²) in [6.45, 7) is 6.49. The lowest BCUT2D eigenvalue weighted by Crippen LogP contribution is -2.36. The van der Waals surface area contributed by atoms with Crippen LogP contribution >= 0.6 is 0 Å². The molecule has 20 heavy (non-hydrogen) atoms. The summed E-state index contributed by atoms with van der Waals surface area (Å²) in [5, 5.41) is 0. The Morgan fingerprint density at radius 1 is 1.25 bits per heavy atom. The molecule has 0 saturated heterocycles. The fraction of sp³-hybridized carbons (Fsp3) is 0.562. The van der Waals surface area contributed by atoms with Crippen molar-refractivity contribution in [3.8, 4) is 11.5 Å². The van der Waals surface area contributed by atoms with Crippen molar-refractivity contribution < 1.29 is 14.3 Å². The van der Waals surface area contributed by atoms with Crippen molar-refractivity contribution in [2.75, 3.05) is 13.8 Å². The summed E-state index contributed by atoms with van der Waals surface area (Å²) >= 11 is 0. The maximum atomic E-state index is 12.1. The van der Waals surface area contributed by atoms with Crippen LogP contribution in [-0.4, -0.2) is 30.7 Å². The lowest BCUT2D eigenvalue weighted by Gasteiger charge is -2.26. The predicted molar refractivity (Wildman–Crippen MR) is 78.0 cm³/mol. The molecule has 4 nitrogen and oxygen atoms in total. The van der Waals surface area contributed by atoms with Crippen LogP contribution < -0.4 is 9.47 Å². The number of nitrogens with zero attached hydrogens (tertiary/aromatic N) is 1. The Morgan fingerprint density at radius 2 is 1.95 bits per heavy atom. The maximum absolute atomic E-state index is 12.1. The van der Waals surface area contributed by atoms with Crippen molar-refractivity contribution in [1.29, 1.82) is 0 Å². The second-order valence-corrected chi connectivity index (χ2v) is 5.84. The molecule has 1 aromatic carbocycles. The molecule has 0 N–H and O–H groups in total. The van der Waals surface area contributed by atoms with Crippen molar-refractivity contribution in [1.82, 2.24) is 4.90 Å². The van der Waals surface area contributed by atoms with Gasteiger partial charge in [-0.1, -0.05) is 19.9 Å². The third-order valence-electron chi connectivity index (χ3n) is 3.61. The topological polar surface area (TPSA) is 38.8 Å². The summed E-state index contributed by atoms with van der Waals surface area (Å²) in [7, 11) is 1.88. The number of ether oxygens (including phenoxy) is 2. The third kappa shape index (κ3) is 3.44. The van der Waals surface area contributed by atoms with Crippen LogP contribution in [0.3, 0.4) is 0 Å². The lowest BCUT2D eigenvalue weighted by molar-refractivity contribution is -0.132. The van der Waals surface area contributed by atoms with E-state index >= 15 is 0 Å². The van der Waals surface area contributed by atoms with Gasteiger partial charge in [0.25, 0.3) is 0 Å². The Kier molecular flexibility index (Phi) is 4.53. The van der Waals surface area contributed by atoms with Gasteiger partial charge in [-0.3, -0.25) is 4.79 Å². The van der Waals surface area contributed by atoms with Crippen molar-refractivity contribution in [2.45, 2.75) is 39.7 Å². The van der Waals surface area contributed by atoms with Crippen LogP contribution in [0.1, 0.15) is 32.8 Å². The molecular formula is C16H23NO3. The lowest BCUT2D eigenvalue weighted by atomic mass is 10.0. The van der Waals surface area contributed by atoms with Gasteiger partial charge in [0.1, 0.15) is 0 Å². The number of likely N-dealkylation sites (N-methyl/N-ethyl adjacent to an activating group) is 1. The first-order chi connectivity index (χ1) is 9.47. The van der Waals surface area contributed by atoms with Gasteiger partial charge in [0.05, 0.1) is 0 Å². The minimum atomic E-state index is 0.168. The summed E-state index contributed by atoms with van der Waals surface area (Å²) in [4.78, 5) is 13.9. The van der Waals surface area contributed by atoms with E-state index in [9.17, 15) is 4.79 Å². The van der Waals surface area contributed by atoms with Gasteiger partial charge in [0, 0.05) is 19.5 Å². The van der Waals surface area contributed by atoms with E-state index in [1.54, 1.807) is 0 Å². The first-order valence-electron chi connectivity index (χ1n) is 7.11. The molecular weight excluding hydrogens is 254 g/mol. The fourth-order valence-corrected chi connectivity index (χ4v) is 2.29. The molecule has 1 aliphatic heterocycles. The molecule has 0 aromatic heterocycles. The SMILES string of the molecule is CC(C)CC(=O)N(C)C(C)Cc1ccc2c(c1)OCO2. The highest BCUT2D eigenvalue weighted by atomic mass is 16.7. The van der Waals surface area contributed by atoms with Crippen LogP contribution in [0.5, 0.6) is 11.5 Å². The Morgan fingerprint density at radius 3 is 2.65 bits per heavy atom. The Labute approximate surface area is 120 Å². The molecule has 1 amide bonds. The summed E-state index contributed by atoms with van der Waals surface area (Å²) in [5.74, 6) is 2.19. The van der Waals surface area contributed by atoms with E-state index in [0.717, 1.165) is 23.5 Å². The molecule has 0 spiro atoms. The van der Waals surface area contributed by atoms with E-state index in [0.29, 0.717) is 19.1 Å². The average Bonchev–Trinajstić information content (AvgIpc) is 2.84.